The van der Waals surface area contributed by atoms with Crippen LogP contribution < -0.4 is 5.73 Å². The molecule has 80 valence electrons. The minimum Gasteiger partial charge on any atom is -0.361 e. The van der Waals surface area contributed by atoms with Crippen LogP contribution >= 0.6 is 0 Å². The van der Waals surface area contributed by atoms with E-state index in [2.05, 4.69) is 37.0 Å². The molecule has 1 aromatic carbocycles. The van der Waals surface area contributed by atoms with E-state index in [0.717, 1.165) is 0 Å². The van der Waals surface area contributed by atoms with Crippen LogP contribution in [0.5, 0.6) is 0 Å². The average Bonchev–Trinajstić information content (AvgIpc) is 2.59. The van der Waals surface area contributed by atoms with Crippen molar-refractivity contribution >= 4 is 10.9 Å². The molecule has 0 aliphatic heterocycles. The van der Waals surface area contributed by atoms with Gasteiger partial charge in [0.05, 0.1) is 0 Å². The molecular weight excluding hydrogens is 184 g/mol. The minimum absolute atomic E-state index is 0.0844. The zero-order chi connectivity index (χ0) is 11.0. The van der Waals surface area contributed by atoms with Crippen molar-refractivity contribution in [2.75, 3.05) is 0 Å². The van der Waals surface area contributed by atoms with Crippen molar-refractivity contribution in [1.82, 2.24) is 4.98 Å². The van der Waals surface area contributed by atoms with Crippen molar-refractivity contribution in [1.29, 1.82) is 0 Å². The van der Waals surface area contributed by atoms with Crippen LogP contribution in [0, 0.1) is 0 Å². The summed E-state index contributed by atoms with van der Waals surface area (Å²) in [5.74, 6) is 0.535. The molecule has 0 aliphatic rings. The Morgan fingerprint density at radius 3 is 2.47 bits per heavy atom. The van der Waals surface area contributed by atoms with Gasteiger partial charge >= 0.3 is 0 Å². The summed E-state index contributed by atoms with van der Waals surface area (Å²) in [6, 6.07) is 6.50. The summed E-state index contributed by atoms with van der Waals surface area (Å²) >= 11 is 0. The topological polar surface area (TPSA) is 41.8 Å². The standard InChI is InChI=1S/C13H18N2/c1-8(2)10-5-4-6-11-12(9(3)14)7-15-13(10)11/h4-9,15H,14H2,1-3H3. The maximum Gasteiger partial charge on any atom is 0.0492 e. The van der Waals surface area contributed by atoms with Gasteiger partial charge in [-0.1, -0.05) is 32.0 Å². The Balaban J connectivity index is 2.69. The van der Waals surface area contributed by atoms with E-state index in [1.807, 2.05) is 13.1 Å². The Morgan fingerprint density at radius 2 is 1.87 bits per heavy atom. The minimum atomic E-state index is 0.0844. The molecule has 2 heteroatoms. The van der Waals surface area contributed by atoms with Crippen molar-refractivity contribution in [3.63, 3.8) is 0 Å². The fourth-order valence-corrected chi connectivity index (χ4v) is 2.06. The molecule has 3 N–H and O–H groups in total. The lowest BCUT2D eigenvalue weighted by molar-refractivity contribution is 0.826. The van der Waals surface area contributed by atoms with Gasteiger partial charge in [0.25, 0.3) is 0 Å². The van der Waals surface area contributed by atoms with Crippen molar-refractivity contribution in [3.8, 4) is 0 Å². The number of benzene rings is 1. The van der Waals surface area contributed by atoms with Crippen molar-refractivity contribution in [2.45, 2.75) is 32.7 Å². The highest BCUT2D eigenvalue weighted by Crippen LogP contribution is 2.28. The molecule has 0 saturated carbocycles. The first-order valence-corrected chi connectivity index (χ1v) is 5.46. The number of rotatable bonds is 2. The molecule has 15 heavy (non-hydrogen) atoms. The van der Waals surface area contributed by atoms with E-state index in [4.69, 9.17) is 5.73 Å². The number of aromatic amines is 1. The van der Waals surface area contributed by atoms with Gasteiger partial charge in [-0.2, -0.15) is 0 Å². The zero-order valence-electron chi connectivity index (χ0n) is 9.54. The smallest absolute Gasteiger partial charge is 0.0492 e. The Morgan fingerprint density at radius 1 is 1.13 bits per heavy atom. The summed E-state index contributed by atoms with van der Waals surface area (Å²) in [6.45, 7) is 6.44. The van der Waals surface area contributed by atoms with Crippen LogP contribution in [-0.2, 0) is 0 Å². The molecule has 1 heterocycles. The Hall–Kier alpha value is -1.28. The monoisotopic (exact) mass is 202 g/mol. The number of aromatic nitrogens is 1. The quantitative estimate of drug-likeness (QED) is 0.770. The highest BCUT2D eigenvalue weighted by atomic mass is 14.7. The van der Waals surface area contributed by atoms with Gasteiger partial charge < -0.3 is 10.7 Å². The second-order valence-electron chi connectivity index (χ2n) is 4.46. The molecule has 0 bridgehead atoms. The van der Waals surface area contributed by atoms with Crippen LogP contribution in [-0.4, -0.2) is 4.98 Å². The van der Waals surface area contributed by atoms with Crippen LogP contribution in [0.15, 0.2) is 24.4 Å². The summed E-state index contributed by atoms with van der Waals surface area (Å²) in [5.41, 5.74) is 9.73. The van der Waals surface area contributed by atoms with E-state index >= 15 is 0 Å². The summed E-state index contributed by atoms with van der Waals surface area (Å²) in [6.07, 6.45) is 2.03. The zero-order valence-corrected chi connectivity index (χ0v) is 9.54. The van der Waals surface area contributed by atoms with Crippen LogP contribution in [0.2, 0.25) is 0 Å². The van der Waals surface area contributed by atoms with Crippen LogP contribution in [0.4, 0.5) is 0 Å². The lowest BCUT2D eigenvalue weighted by Gasteiger charge is -2.08. The number of para-hydroxylation sites is 1. The molecule has 2 rings (SSSR count). The number of fused-ring (bicyclic) bond motifs is 1. The highest BCUT2D eigenvalue weighted by Gasteiger charge is 2.11. The van der Waals surface area contributed by atoms with E-state index in [1.165, 1.54) is 22.0 Å². The van der Waals surface area contributed by atoms with E-state index in [1.54, 1.807) is 0 Å². The maximum atomic E-state index is 5.93. The third kappa shape index (κ3) is 1.65. The number of hydrogen-bond acceptors (Lipinski definition) is 1. The van der Waals surface area contributed by atoms with Gasteiger partial charge in [0.15, 0.2) is 0 Å². The van der Waals surface area contributed by atoms with Crippen molar-refractivity contribution < 1.29 is 0 Å². The molecule has 2 nitrogen and oxygen atoms in total. The maximum absolute atomic E-state index is 5.93. The van der Waals surface area contributed by atoms with Crippen molar-refractivity contribution in [2.24, 2.45) is 5.73 Å². The van der Waals surface area contributed by atoms with Crippen molar-refractivity contribution in [3.05, 3.63) is 35.5 Å². The van der Waals surface area contributed by atoms with Gasteiger partial charge in [-0.3, -0.25) is 0 Å². The molecule has 1 unspecified atom stereocenters. The third-order valence-electron chi connectivity index (χ3n) is 2.89. The van der Waals surface area contributed by atoms with Gasteiger partial charge in [0.2, 0.25) is 0 Å². The second kappa shape index (κ2) is 3.70. The lowest BCUT2D eigenvalue weighted by Crippen LogP contribution is -2.03. The molecule has 0 spiro atoms. The van der Waals surface area contributed by atoms with E-state index < -0.39 is 0 Å². The van der Waals surface area contributed by atoms with Gasteiger partial charge in [0.1, 0.15) is 0 Å². The molecule has 0 saturated heterocycles. The second-order valence-corrected chi connectivity index (χ2v) is 4.46. The van der Waals surface area contributed by atoms with Gasteiger partial charge in [-0.05, 0) is 24.0 Å². The molecule has 0 fully saturated rings. The first-order valence-electron chi connectivity index (χ1n) is 5.46. The van der Waals surface area contributed by atoms with E-state index in [9.17, 15) is 0 Å². The number of nitrogens with two attached hydrogens (primary N) is 1. The summed E-state index contributed by atoms with van der Waals surface area (Å²) < 4.78 is 0. The van der Waals surface area contributed by atoms with Crippen LogP contribution in [0.1, 0.15) is 43.9 Å². The summed E-state index contributed by atoms with van der Waals surface area (Å²) in [4.78, 5) is 3.34. The summed E-state index contributed by atoms with van der Waals surface area (Å²) in [5, 5.41) is 1.26. The fraction of sp³-hybridized carbons (Fsp3) is 0.385. The van der Waals surface area contributed by atoms with Crippen LogP contribution in [0.3, 0.4) is 0 Å². The Bertz CT molecular complexity index is 466. The van der Waals surface area contributed by atoms with Gasteiger partial charge in [-0.25, -0.2) is 0 Å². The average molecular weight is 202 g/mol. The molecule has 0 radical (unpaired) electrons. The van der Waals surface area contributed by atoms with Crippen LogP contribution in [0.25, 0.3) is 10.9 Å². The Kier molecular flexibility index (Phi) is 2.53. The number of H-pyrrole nitrogens is 1. The summed E-state index contributed by atoms with van der Waals surface area (Å²) in [7, 11) is 0. The predicted molar refractivity (Wildman–Crippen MR) is 65.0 cm³/mol. The molecule has 0 aliphatic carbocycles. The van der Waals surface area contributed by atoms with E-state index in [0.29, 0.717) is 5.92 Å². The lowest BCUT2D eigenvalue weighted by atomic mass is 9.98. The Labute approximate surface area is 90.5 Å². The largest absolute Gasteiger partial charge is 0.361 e. The molecule has 2 aromatic rings. The SMILES string of the molecule is CC(C)c1cccc2c(C(C)N)c[nH]c12. The third-order valence-corrected chi connectivity index (χ3v) is 2.89. The molecule has 0 amide bonds. The molecule has 1 aromatic heterocycles. The fourth-order valence-electron chi connectivity index (χ4n) is 2.06. The van der Waals surface area contributed by atoms with Gasteiger partial charge in [0, 0.05) is 23.1 Å². The van der Waals surface area contributed by atoms with Gasteiger partial charge in [-0.15, -0.1) is 0 Å². The predicted octanol–water partition coefficient (Wildman–Crippen LogP) is 3.31. The molecule has 1 atom stereocenters. The van der Waals surface area contributed by atoms with E-state index in [-0.39, 0.29) is 6.04 Å². The first kappa shape index (κ1) is 10.2. The first-order chi connectivity index (χ1) is 7.11. The highest BCUT2D eigenvalue weighted by molar-refractivity contribution is 5.86. The normalized spacial score (nSPS) is 13.7. The number of hydrogen-bond donors (Lipinski definition) is 2. The number of nitrogens with one attached hydrogen (secondary N) is 1. The molecular formula is C13H18N2.